The van der Waals surface area contributed by atoms with Crippen molar-refractivity contribution in [2.45, 2.75) is 32.6 Å². The van der Waals surface area contributed by atoms with Crippen LogP contribution in [-0.2, 0) is 6.42 Å². The number of hydrogen-bond donors (Lipinski definition) is 1. The van der Waals surface area contributed by atoms with Gasteiger partial charge >= 0.3 is 0 Å². The van der Waals surface area contributed by atoms with Gasteiger partial charge in [-0.15, -0.1) is 0 Å². The Kier molecular flexibility index (Phi) is 5.64. The Balaban J connectivity index is 1.55. The topological polar surface area (TPSA) is 46.3 Å². The zero-order valence-corrected chi connectivity index (χ0v) is 18.3. The van der Waals surface area contributed by atoms with Gasteiger partial charge < -0.3 is 9.52 Å². The third-order valence-corrected chi connectivity index (χ3v) is 6.12. The van der Waals surface area contributed by atoms with E-state index in [9.17, 15) is 5.11 Å². The number of aromatic nitrogens is 1. The number of hydrogen-bond acceptors (Lipinski definition) is 3. The Bertz CT molecular complexity index is 1160. The summed E-state index contributed by atoms with van der Waals surface area (Å²) < 4.78 is 6.48. The zero-order chi connectivity index (χ0) is 21.9. The van der Waals surface area contributed by atoms with Gasteiger partial charge in [0.25, 0.3) is 0 Å². The van der Waals surface area contributed by atoms with Crippen LogP contribution in [0.3, 0.4) is 0 Å². The summed E-state index contributed by atoms with van der Waals surface area (Å²) in [7, 11) is 0. The van der Waals surface area contributed by atoms with Crippen LogP contribution in [0.15, 0.2) is 89.4 Å². The molecule has 0 saturated carbocycles. The highest BCUT2D eigenvalue weighted by Gasteiger charge is 2.26. The van der Waals surface area contributed by atoms with E-state index in [2.05, 4.69) is 36.4 Å². The van der Waals surface area contributed by atoms with Crippen molar-refractivity contribution >= 4 is 5.57 Å². The van der Waals surface area contributed by atoms with Crippen LogP contribution in [0.4, 0.5) is 0 Å². The molecule has 1 aromatic heterocycles. The Labute approximate surface area is 189 Å². The van der Waals surface area contributed by atoms with Crippen molar-refractivity contribution in [1.29, 1.82) is 0 Å². The molecule has 0 radical (unpaired) electrons. The summed E-state index contributed by atoms with van der Waals surface area (Å²) in [5, 5.41) is 10.1. The summed E-state index contributed by atoms with van der Waals surface area (Å²) in [5.74, 6) is 2.17. The molecule has 5 rings (SSSR count). The van der Waals surface area contributed by atoms with Gasteiger partial charge in [-0.25, -0.2) is 4.98 Å². The number of oxazole rings is 1. The van der Waals surface area contributed by atoms with Crippen LogP contribution in [0.2, 0.25) is 0 Å². The van der Waals surface area contributed by atoms with Gasteiger partial charge in [0.2, 0.25) is 5.89 Å². The third kappa shape index (κ3) is 4.24. The lowest BCUT2D eigenvalue weighted by Crippen LogP contribution is -2.11. The lowest BCUT2D eigenvalue weighted by atomic mass is 9.83. The first-order chi connectivity index (χ1) is 15.7. The molecule has 0 amide bonds. The minimum absolute atomic E-state index is 0.316. The molecule has 0 fully saturated rings. The second kappa shape index (κ2) is 8.88. The monoisotopic (exact) mass is 421 g/mol. The molecule has 4 aromatic rings. The summed E-state index contributed by atoms with van der Waals surface area (Å²) in [5.41, 5.74) is 6.37. The molecule has 3 nitrogen and oxygen atoms in total. The molecule has 0 spiro atoms. The van der Waals surface area contributed by atoms with Crippen molar-refractivity contribution in [2.75, 3.05) is 0 Å². The lowest BCUT2D eigenvalue weighted by Gasteiger charge is -2.22. The average molecular weight is 422 g/mol. The molecule has 0 aliphatic heterocycles. The van der Waals surface area contributed by atoms with Gasteiger partial charge in [-0.2, -0.15) is 0 Å². The van der Waals surface area contributed by atoms with Gasteiger partial charge in [0, 0.05) is 16.7 Å². The molecule has 3 heteroatoms. The normalized spacial score (nSPS) is 16.0. The minimum Gasteiger partial charge on any atom is -0.508 e. The molecule has 0 saturated heterocycles. The first-order valence-corrected chi connectivity index (χ1v) is 11.3. The van der Waals surface area contributed by atoms with Crippen molar-refractivity contribution in [1.82, 2.24) is 4.98 Å². The first-order valence-electron chi connectivity index (χ1n) is 11.3. The van der Waals surface area contributed by atoms with E-state index < -0.39 is 0 Å². The maximum Gasteiger partial charge on any atom is 0.223 e. The van der Waals surface area contributed by atoms with E-state index in [1.54, 1.807) is 6.07 Å². The van der Waals surface area contributed by atoms with Crippen LogP contribution < -0.4 is 0 Å². The number of aryl methyl sites for hydroxylation is 1. The van der Waals surface area contributed by atoms with Crippen LogP contribution in [0, 0.1) is 12.8 Å². The van der Waals surface area contributed by atoms with Crippen LogP contribution in [-0.4, -0.2) is 10.1 Å². The fraction of sp³-hybridized carbons (Fsp3) is 0.207. The Morgan fingerprint density at radius 3 is 2.38 bits per heavy atom. The van der Waals surface area contributed by atoms with Crippen LogP contribution in [0.5, 0.6) is 5.75 Å². The second-order valence-corrected chi connectivity index (χ2v) is 8.60. The molecule has 1 aliphatic rings. The quantitative estimate of drug-likeness (QED) is 0.364. The van der Waals surface area contributed by atoms with Crippen molar-refractivity contribution in [2.24, 2.45) is 5.92 Å². The molecule has 1 heterocycles. The van der Waals surface area contributed by atoms with E-state index >= 15 is 0 Å². The second-order valence-electron chi connectivity index (χ2n) is 8.60. The summed E-state index contributed by atoms with van der Waals surface area (Å²) in [6.45, 7) is 2.02. The van der Waals surface area contributed by atoms with Crippen LogP contribution >= 0.6 is 0 Å². The van der Waals surface area contributed by atoms with Gasteiger partial charge in [-0.3, -0.25) is 0 Å². The highest BCUT2D eigenvalue weighted by Crippen LogP contribution is 2.40. The fourth-order valence-corrected chi connectivity index (χ4v) is 4.68. The number of benzene rings is 3. The van der Waals surface area contributed by atoms with E-state index in [1.165, 1.54) is 5.57 Å². The lowest BCUT2D eigenvalue weighted by molar-refractivity contribution is 0.472. The molecule has 3 aromatic carbocycles. The molecular weight excluding hydrogens is 394 g/mol. The summed E-state index contributed by atoms with van der Waals surface area (Å²) in [6.07, 6.45) is 6.44. The van der Waals surface area contributed by atoms with Gasteiger partial charge in [0.1, 0.15) is 11.4 Å². The van der Waals surface area contributed by atoms with Crippen molar-refractivity contribution < 1.29 is 9.52 Å². The molecule has 1 aliphatic carbocycles. The highest BCUT2D eigenvalue weighted by molar-refractivity contribution is 5.79. The average Bonchev–Trinajstić information content (AvgIpc) is 3.25. The third-order valence-electron chi connectivity index (χ3n) is 6.12. The Morgan fingerprint density at radius 1 is 0.938 bits per heavy atom. The fourth-order valence-electron chi connectivity index (χ4n) is 4.68. The van der Waals surface area contributed by atoms with E-state index in [0.717, 1.165) is 59.4 Å². The van der Waals surface area contributed by atoms with Gasteiger partial charge in [0.15, 0.2) is 5.76 Å². The molecule has 32 heavy (non-hydrogen) atoms. The first kappa shape index (κ1) is 20.3. The molecule has 1 atom stereocenters. The number of nitrogens with zero attached hydrogens (tertiary/aromatic N) is 1. The largest absolute Gasteiger partial charge is 0.508 e. The molecule has 160 valence electrons. The molecule has 0 bridgehead atoms. The van der Waals surface area contributed by atoms with Gasteiger partial charge in [0.05, 0.1) is 0 Å². The molecular formula is C29H27NO2. The van der Waals surface area contributed by atoms with E-state index in [4.69, 9.17) is 9.40 Å². The zero-order valence-electron chi connectivity index (χ0n) is 18.3. The smallest absolute Gasteiger partial charge is 0.223 e. The van der Waals surface area contributed by atoms with Gasteiger partial charge in [-0.05, 0) is 61.8 Å². The van der Waals surface area contributed by atoms with Crippen molar-refractivity contribution in [3.8, 4) is 28.3 Å². The molecule has 1 N–H and O–H groups in total. The molecule has 1 unspecified atom stereocenters. The number of aromatic hydroxyl groups is 1. The highest BCUT2D eigenvalue weighted by atomic mass is 16.4. The van der Waals surface area contributed by atoms with Crippen molar-refractivity contribution in [3.63, 3.8) is 0 Å². The maximum absolute atomic E-state index is 10.1. The summed E-state index contributed by atoms with van der Waals surface area (Å²) in [6, 6.07) is 26.3. The van der Waals surface area contributed by atoms with Crippen LogP contribution in [0.1, 0.15) is 36.3 Å². The summed E-state index contributed by atoms with van der Waals surface area (Å²) >= 11 is 0. The SMILES string of the molecule is Cc1cc(O)cc(CC2CCCC=C2c2nc(-c3ccccc3)c(-c3ccccc3)o2)c1. The minimum atomic E-state index is 0.316. The predicted octanol–water partition coefficient (Wildman–Crippen LogP) is 7.45. The Hall–Kier alpha value is -3.59. The van der Waals surface area contributed by atoms with Gasteiger partial charge in [-0.1, -0.05) is 72.8 Å². The number of allylic oxidation sites excluding steroid dienone is 2. The standard InChI is InChI=1S/C29H27NO2/c1-20-16-21(19-25(31)17-20)18-24-14-8-9-15-26(24)29-30-27(22-10-4-2-5-11-22)28(32-29)23-12-6-3-7-13-23/h2-7,10-13,15-17,19,24,31H,8-9,14,18H2,1H3. The van der Waals surface area contributed by atoms with Crippen LogP contribution in [0.25, 0.3) is 28.2 Å². The van der Waals surface area contributed by atoms with E-state index in [1.807, 2.05) is 49.4 Å². The van der Waals surface area contributed by atoms with Crippen molar-refractivity contribution in [3.05, 3.63) is 102 Å². The number of phenolic OH excluding ortho intramolecular Hbond substituents is 1. The predicted molar refractivity (Wildman–Crippen MR) is 129 cm³/mol. The van der Waals surface area contributed by atoms with E-state index in [-0.39, 0.29) is 0 Å². The van der Waals surface area contributed by atoms with E-state index in [0.29, 0.717) is 17.6 Å². The maximum atomic E-state index is 10.1. The Morgan fingerprint density at radius 2 is 1.66 bits per heavy atom. The number of phenols is 1. The number of rotatable bonds is 5. The summed E-state index contributed by atoms with van der Waals surface area (Å²) in [4.78, 5) is 5.02.